The molecule has 2 heterocycles. The normalized spacial score (nSPS) is 18.4. The van der Waals surface area contributed by atoms with E-state index in [-0.39, 0.29) is 29.1 Å². The molecular formula is C22H18F4N4O3. The molecule has 0 radical (unpaired) electrons. The van der Waals surface area contributed by atoms with E-state index >= 15 is 0 Å². The summed E-state index contributed by atoms with van der Waals surface area (Å²) in [5.74, 6) is -2.04. The summed E-state index contributed by atoms with van der Waals surface area (Å²) >= 11 is 0. The van der Waals surface area contributed by atoms with Crippen LogP contribution in [0.2, 0.25) is 0 Å². The van der Waals surface area contributed by atoms with Crippen LogP contribution in [0.25, 0.3) is 0 Å². The summed E-state index contributed by atoms with van der Waals surface area (Å²) in [6, 6.07) is 8.14. The minimum atomic E-state index is -4.70. The molecule has 0 saturated carbocycles. The smallest absolute Gasteiger partial charge is 0.326 e. The number of para-hydroxylation sites is 1. The molecule has 2 aliphatic rings. The van der Waals surface area contributed by atoms with Gasteiger partial charge in [0.25, 0.3) is 5.91 Å². The Balaban J connectivity index is 1.62. The average Bonchev–Trinajstić information content (AvgIpc) is 3.08. The summed E-state index contributed by atoms with van der Waals surface area (Å²) in [5.41, 5.74) is -1.17. The number of nitrogens with zero attached hydrogens (tertiary/aromatic N) is 2. The third-order valence-electron chi connectivity index (χ3n) is 5.49. The van der Waals surface area contributed by atoms with Crippen molar-refractivity contribution in [1.29, 1.82) is 0 Å². The first-order valence-electron chi connectivity index (χ1n) is 9.85. The molecule has 33 heavy (non-hydrogen) atoms. The predicted molar refractivity (Wildman–Crippen MR) is 109 cm³/mol. The Labute approximate surface area is 185 Å². The highest BCUT2D eigenvalue weighted by molar-refractivity contribution is 6.04. The molecule has 0 aliphatic carbocycles. The van der Waals surface area contributed by atoms with Crippen molar-refractivity contribution in [2.24, 2.45) is 0 Å². The molecule has 1 atom stereocenters. The highest BCUT2D eigenvalue weighted by atomic mass is 19.4. The summed E-state index contributed by atoms with van der Waals surface area (Å²) in [6.45, 7) is -0.636. The molecule has 2 N–H and O–H groups in total. The Morgan fingerprint density at radius 2 is 1.79 bits per heavy atom. The number of carbonyl (C=O) groups is 3. The lowest BCUT2D eigenvalue weighted by molar-refractivity contribution is -0.138. The molecule has 2 aliphatic heterocycles. The van der Waals surface area contributed by atoms with Crippen LogP contribution >= 0.6 is 0 Å². The number of carbonyl (C=O) groups excluding carboxylic acids is 3. The maximum absolute atomic E-state index is 13.8. The van der Waals surface area contributed by atoms with Gasteiger partial charge >= 0.3 is 12.2 Å². The van der Waals surface area contributed by atoms with Gasteiger partial charge in [0.1, 0.15) is 12.4 Å². The van der Waals surface area contributed by atoms with Gasteiger partial charge < -0.3 is 15.5 Å². The van der Waals surface area contributed by atoms with E-state index in [2.05, 4.69) is 10.6 Å². The Morgan fingerprint density at radius 3 is 2.48 bits per heavy atom. The highest BCUT2D eigenvalue weighted by Crippen LogP contribution is 2.41. The fraction of sp³-hybridized carbons (Fsp3) is 0.227. The number of likely N-dealkylation sites (N-methyl/N-ethyl adjacent to an activating group) is 1. The number of urea groups is 1. The summed E-state index contributed by atoms with van der Waals surface area (Å²) in [7, 11) is 1.38. The van der Waals surface area contributed by atoms with Crippen molar-refractivity contribution >= 4 is 23.5 Å². The van der Waals surface area contributed by atoms with Crippen LogP contribution in [0.5, 0.6) is 0 Å². The van der Waals surface area contributed by atoms with Gasteiger partial charge in [0.2, 0.25) is 5.91 Å². The van der Waals surface area contributed by atoms with Gasteiger partial charge in [-0.3, -0.25) is 14.5 Å². The van der Waals surface area contributed by atoms with Gasteiger partial charge in [-0.25, -0.2) is 9.18 Å². The Kier molecular flexibility index (Phi) is 5.56. The largest absolute Gasteiger partial charge is 0.416 e. The zero-order chi connectivity index (χ0) is 23.9. The molecule has 2 aromatic carbocycles. The number of nitrogens with one attached hydrogen (secondary N) is 2. The zero-order valence-corrected chi connectivity index (χ0v) is 17.2. The van der Waals surface area contributed by atoms with E-state index < -0.39 is 48.0 Å². The number of alkyl halides is 3. The first kappa shape index (κ1) is 22.3. The number of halogens is 4. The van der Waals surface area contributed by atoms with E-state index in [4.69, 9.17) is 0 Å². The van der Waals surface area contributed by atoms with Crippen LogP contribution in [-0.2, 0) is 15.8 Å². The molecule has 2 aromatic rings. The summed E-state index contributed by atoms with van der Waals surface area (Å²) < 4.78 is 54.6. The number of hydrogen-bond acceptors (Lipinski definition) is 3. The quantitative estimate of drug-likeness (QED) is 0.685. The molecule has 0 bridgehead atoms. The van der Waals surface area contributed by atoms with Crippen molar-refractivity contribution in [2.75, 3.05) is 25.5 Å². The molecule has 4 amide bonds. The number of hydrogen-bond donors (Lipinski definition) is 2. The zero-order valence-electron chi connectivity index (χ0n) is 17.2. The van der Waals surface area contributed by atoms with Crippen LogP contribution in [0.15, 0.2) is 59.8 Å². The number of amides is 4. The van der Waals surface area contributed by atoms with Crippen LogP contribution in [0.1, 0.15) is 17.2 Å². The molecule has 7 nitrogen and oxygen atoms in total. The Bertz CT molecular complexity index is 1180. The number of rotatable bonds is 4. The molecular weight excluding hydrogens is 444 g/mol. The van der Waals surface area contributed by atoms with Crippen LogP contribution < -0.4 is 10.6 Å². The maximum Gasteiger partial charge on any atom is 0.416 e. The van der Waals surface area contributed by atoms with E-state index in [0.717, 1.165) is 21.9 Å². The molecule has 172 valence electrons. The van der Waals surface area contributed by atoms with E-state index in [9.17, 15) is 31.9 Å². The van der Waals surface area contributed by atoms with Gasteiger partial charge in [-0.2, -0.15) is 13.2 Å². The SMILES string of the molecule is CN1C(=O)N[C@@H](c2ccccc2C(F)(F)F)C2=C1CN(CC(=O)Nc1ccccc1F)C2=O. The molecule has 0 fully saturated rings. The van der Waals surface area contributed by atoms with Crippen molar-refractivity contribution in [3.63, 3.8) is 0 Å². The standard InChI is InChI=1S/C22H18F4N4O3/c1-29-16-10-30(11-17(31)27-15-9-5-4-8-14(15)23)20(32)18(16)19(28-21(29)33)12-6-2-3-7-13(12)22(24,25)26/h2-9,19H,10-11H2,1H3,(H,27,31)(H,28,33)/t19-/m0/s1. The van der Waals surface area contributed by atoms with Crippen molar-refractivity contribution in [3.05, 3.63) is 76.7 Å². The second kappa shape index (κ2) is 8.23. The second-order valence-electron chi connectivity index (χ2n) is 7.58. The van der Waals surface area contributed by atoms with Gasteiger partial charge in [-0.1, -0.05) is 30.3 Å². The fourth-order valence-electron chi connectivity index (χ4n) is 3.92. The lowest BCUT2D eigenvalue weighted by atomic mass is 9.92. The predicted octanol–water partition coefficient (Wildman–Crippen LogP) is 3.28. The topological polar surface area (TPSA) is 81.8 Å². The molecule has 0 saturated heterocycles. The van der Waals surface area contributed by atoms with Gasteiger partial charge in [0.15, 0.2) is 0 Å². The lowest BCUT2D eigenvalue weighted by Gasteiger charge is -2.32. The average molecular weight is 462 g/mol. The summed E-state index contributed by atoms with van der Waals surface area (Å²) in [5, 5.41) is 4.81. The lowest BCUT2D eigenvalue weighted by Crippen LogP contribution is -2.45. The van der Waals surface area contributed by atoms with Gasteiger partial charge in [-0.05, 0) is 23.8 Å². The maximum atomic E-state index is 13.8. The third kappa shape index (κ3) is 4.13. The van der Waals surface area contributed by atoms with Crippen molar-refractivity contribution in [1.82, 2.24) is 15.1 Å². The van der Waals surface area contributed by atoms with Gasteiger partial charge in [0, 0.05) is 7.05 Å². The monoisotopic (exact) mass is 462 g/mol. The van der Waals surface area contributed by atoms with E-state index in [1.165, 1.54) is 43.4 Å². The molecule has 11 heteroatoms. The molecule has 0 spiro atoms. The molecule has 0 aromatic heterocycles. The first-order valence-corrected chi connectivity index (χ1v) is 9.85. The Morgan fingerprint density at radius 1 is 1.12 bits per heavy atom. The van der Waals surface area contributed by atoms with Crippen molar-refractivity contribution in [2.45, 2.75) is 12.2 Å². The third-order valence-corrected chi connectivity index (χ3v) is 5.49. The highest BCUT2D eigenvalue weighted by Gasteiger charge is 2.46. The minimum absolute atomic E-state index is 0.0486. The van der Waals surface area contributed by atoms with Crippen LogP contribution in [0, 0.1) is 5.82 Å². The molecule has 4 rings (SSSR count). The number of benzene rings is 2. The minimum Gasteiger partial charge on any atom is -0.326 e. The van der Waals surface area contributed by atoms with Crippen LogP contribution in [0.3, 0.4) is 0 Å². The summed E-state index contributed by atoms with van der Waals surface area (Å²) in [4.78, 5) is 40.2. The number of anilines is 1. The second-order valence-corrected chi connectivity index (χ2v) is 7.58. The van der Waals surface area contributed by atoms with E-state index in [0.29, 0.717) is 0 Å². The summed E-state index contributed by atoms with van der Waals surface area (Å²) in [6.07, 6.45) is -4.70. The van der Waals surface area contributed by atoms with E-state index in [1.54, 1.807) is 0 Å². The van der Waals surface area contributed by atoms with E-state index in [1.807, 2.05) is 0 Å². The fourth-order valence-corrected chi connectivity index (χ4v) is 3.92. The van der Waals surface area contributed by atoms with Crippen LogP contribution in [-0.4, -0.2) is 47.8 Å². The van der Waals surface area contributed by atoms with Crippen LogP contribution in [0.4, 0.5) is 28.0 Å². The Hall–Kier alpha value is -3.89. The molecule has 0 unspecified atom stereocenters. The van der Waals surface area contributed by atoms with Crippen molar-refractivity contribution < 1.29 is 31.9 Å². The van der Waals surface area contributed by atoms with Crippen molar-refractivity contribution in [3.8, 4) is 0 Å². The van der Waals surface area contributed by atoms with Gasteiger partial charge in [0.05, 0.1) is 35.1 Å². The first-order chi connectivity index (χ1) is 15.6. The van der Waals surface area contributed by atoms with Gasteiger partial charge in [-0.15, -0.1) is 0 Å².